The number of hydrogen-bond donors (Lipinski definition) is 0. The van der Waals surface area contributed by atoms with Gasteiger partial charge in [-0.05, 0) is 59.4 Å². The molecule has 31 heavy (non-hydrogen) atoms. The molecule has 1 heterocycles. The van der Waals surface area contributed by atoms with Gasteiger partial charge in [0.1, 0.15) is 5.60 Å². The van der Waals surface area contributed by atoms with Gasteiger partial charge in [0.05, 0.1) is 10.5 Å². The first-order valence-corrected chi connectivity index (χ1v) is 10.7. The Morgan fingerprint density at radius 3 is 2.10 bits per heavy atom. The maximum atomic E-state index is 12.2. The standard InChI is InChI=1S/C23H38N4O4/c1-9-18(2)20(12-13-24(7)8)21(27(29)30)11-10-19(3)25-14-16-26(17-15-25)22(28)31-23(4,5)6/h10-13H,9,14-17H2,1-8H3/b13-12+,19-10+,20-18+,21-11+. The second-order valence-electron chi connectivity index (χ2n) is 8.90. The van der Waals surface area contributed by atoms with Crippen LogP contribution in [0, 0.1) is 10.1 Å². The van der Waals surface area contributed by atoms with Gasteiger partial charge in [0.2, 0.25) is 0 Å². The SMILES string of the molecule is CC/C(C)=C(\C=C\N(C)C)C(=C\C=C(/C)N1CCN(C(=O)OC(C)(C)C)CC1)/[N+](=O)[O-]. The number of piperazine rings is 1. The molecule has 1 aliphatic heterocycles. The normalized spacial score (nSPS) is 17.0. The fourth-order valence-corrected chi connectivity index (χ4v) is 2.98. The number of nitro groups is 1. The number of amides is 1. The van der Waals surface area contributed by atoms with Crippen LogP contribution in [0.4, 0.5) is 4.79 Å². The van der Waals surface area contributed by atoms with E-state index in [0.29, 0.717) is 31.8 Å². The van der Waals surface area contributed by atoms with E-state index in [0.717, 1.165) is 17.7 Å². The summed E-state index contributed by atoms with van der Waals surface area (Å²) in [5, 5.41) is 11.8. The second-order valence-corrected chi connectivity index (χ2v) is 8.90. The third-order valence-electron chi connectivity index (χ3n) is 4.91. The van der Waals surface area contributed by atoms with Crippen LogP contribution in [0.3, 0.4) is 0 Å². The number of ether oxygens (including phenoxy) is 1. The quantitative estimate of drug-likeness (QED) is 0.336. The molecule has 0 bridgehead atoms. The van der Waals surface area contributed by atoms with Gasteiger partial charge >= 0.3 is 6.09 Å². The van der Waals surface area contributed by atoms with Crippen LogP contribution < -0.4 is 0 Å². The van der Waals surface area contributed by atoms with Crippen LogP contribution in [0.2, 0.25) is 0 Å². The van der Waals surface area contributed by atoms with E-state index in [4.69, 9.17) is 4.74 Å². The van der Waals surface area contributed by atoms with Crippen molar-refractivity contribution in [2.24, 2.45) is 0 Å². The summed E-state index contributed by atoms with van der Waals surface area (Å²) in [6.07, 6.45) is 7.39. The first-order chi connectivity index (χ1) is 14.4. The lowest BCUT2D eigenvalue weighted by molar-refractivity contribution is -0.420. The van der Waals surface area contributed by atoms with Crippen molar-refractivity contribution in [1.29, 1.82) is 0 Å². The number of rotatable bonds is 7. The fourth-order valence-electron chi connectivity index (χ4n) is 2.98. The Labute approximate surface area is 186 Å². The van der Waals surface area contributed by atoms with E-state index in [9.17, 15) is 14.9 Å². The Bertz CT molecular complexity index is 765. The Morgan fingerprint density at radius 2 is 1.65 bits per heavy atom. The first kappa shape index (κ1) is 26.3. The average molecular weight is 435 g/mol. The summed E-state index contributed by atoms with van der Waals surface area (Å²) in [4.78, 5) is 29.4. The van der Waals surface area contributed by atoms with Crippen LogP contribution >= 0.6 is 0 Å². The van der Waals surface area contributed by atoms with Gasteiger partial charge in [-0.3, -0.25) is 10.1 Å². The van der Waals surface area contributed by atoms with Gasteiger partial charge in [0.25, 0.3) is 5.70 Å². The Balaban J connectivity index is 2.98. The molecule has 1 saturated heterocycles. The summed E-state index contributed by atoms with van der Waals surface area (Å²) < 4.78 is 5.43. The highest BCUT2D eigenvalue weighted by molar-refractivity contribution is 5.68. The van der Waals surface area contributed by atoms with Crippen LogP contribution in [-0.4, -0.2) is 71.6 Å². The number of carbonyl (C=O) groups excluding carboxylic acids is 1. The molecule has 0 unspecified atom stereocenters. The number of hydrogen-bond acceptors (Lipinski definition) is 6. The molecule has 1 aliphatic rings. The topological polar surface area (TPSA) is 79.2 Å². The Kier molecular flexibility index (Phi) is 9.81. The predicted octanol–water partition coefficient (Wildman–Crippen LogP) is 4.41. The van der Waals surface area contributed by atoms with Crippen molar-refractivity contribution in [1.82, 2.24) is 14.7 Å². The molecule has 0 radical (unpaired) electrons. The predicted molar refractivity (Wildman–Crippen MR) is 124 cm³/mol. The van der Waals surface area contributed by atoms with E-state index in [1.165, 1.54) is 0 Å². The summed E-state index contributed by atoms with van der Waals surface area (Å²) in [6, 6.07) is 0. The summed E-state index contributed by atoms with van der Waals surface area (Å²) in [6.45, 7) is 13.8. The van der Waals surface area contributed by atoms with Gasteiger partial charge in [0.15, 0.2) is 0 Å². The van der Waals surface area contributed by atoms with Gasteiger partial charge in [-0.2, -0.15) is 0 Å². The molecule has 0 saturated carbocycles. The van der Waals surface area contributed by atoms with Crippen molar-refractivity contribution < 1.29 is 14.5 Å². The molecular formula is C23H38N4O4. The zero-order valence-corrected chi connectivity index (χ0v) is 20.3. The van der Waals surface area contributed by atoms with Gasteiger partial charge < -0.3 is 19.4 Å². The minimum absolute atomic E-state index is 0.0733. The van der Waals surface area contributed by atoms with Gasteiger partial charge in [-0.25, -0.2) is 4.79 Å². The van der Waals surface area contributed by atoms with Crippen molar-refractivity contribution in [3.05, 3.63) is 57.1 Å². The molecule has 1 amide bonds. The molecule has 0 aromatic rings. The molecule has 8 nitrogen and oxygen atoms in total. The zero-order chi connectivity index (χ0) is 23.8. The van der Waals surface area contributed by atoms with Crippen molar-refractivity contribution >= 4 is 6.09 Å². The third-order valence-corrected chi connectivity index (χ3v) is 4.91. The molecule has 0 aliphatic carbocycles. The summed E-state index contributed by atoms with van der Waals surface area (Å²) >= 11 is 0. The second kappa shape index (κ2) is 11.6. The van der Waals surface area contributed by atoms with Crippen molar-refractivity contribution in [3.63, 3.8) is 0 Å². The minimum Gasteiger partial charge on any atom is -0.444 e. The van der Waals surface area contributed by atoms with Crippen LogP contribution in [0.5, 0.6) is 0 Å². The zero-order valence-electron chi connectivity index (χ0n) is 20.3. The maximum absolute atomic E-state index is 12.2. The average Bonchev–Trinajstić information content (AvgIpc) is 2.67. The van der Waals surface area contributed by atoms with E-state index in [2.05, 4.69) is 4.90 Å². The lowest BCUT2D eigenvalue weighted by atomic mass is 10.0. The Hall–Kier alpha value is -2.77. The van der Waals surface area contributed by atoms with Crippen molar-refractivity contribution in [3.8, 4) is 0 Å². The van der Waals surface area contributed by atoms with E-state index in [-0.39, 0.29) is 16.7 Å². The molecular weight excluding hydrogens is 396 g/mol. The lowest BCUT2D eigenvalue weighted by Gasteiger charge is -2.37. The molecule has 1 fully saturated rings. The van der Waals surface area contributed by atoms with Gasteiger partial charge in [-0.15, -0.1) is 0 Å². The van der Waals surface area contributed by atoms with Crippen molar-refractivity contribution in [2.75, 3.05) is 40.3 Å². The third kappa shape index (κ3) is 8.86. The van der Waals surface area contributed by atoms with E-state index in [1.807, 2.05) is 66.7 Å². The maximum Gasteiger partial charge on any atom is 0.410 e. The van der Waals surface area contributed by atoms with Crippen LogP contribution in [-0.2, 0) is 4.74 Å². The van der Waals surface area contributed by atoms with Crippen LogP contribution in [0.25, 0.3) is 0 Å². The molecule has 1 rings (SSSR count). The van der Waals surface area contributed by atoms with Gasteiger partial charge in [0, 0.05) is 52.0 Å². The lowest BCUT2D eigenvalue weighted by Crippen LogP contribution is -2.49. The number of nitrogens with zero attached hydrogens (tertiary/aromatic N) is 4. The fraction of sp³-hybridized carbons (Fsp3) is 0.609. The monoisotopic (exact) mass is 434 g/mol. The number of carbonyl (C=O) groups is 1. The summed E-state index contributed by atoms with van der Waals surface area (Å²) in [5.74, 6) is 0. The van der Waals surface area contributed by atoms with Gasteiger partial charge in [-0.1, -0.05) is 12.5 Å². The molecule has 0 aromatic carbocycles. The largest absolute Gasteiger partial charge is 0.444 e. The van der Waals surface area contributed by atoms with Crippen LogP contribution in [0.1, 0.15) is 48.0 Å². The minimum atomic E-state index is -0.517. The van der Waals surface area contributed by atoms with E-state index < -0.39 is 5.60 Å². The highest BCUT2D eigenvalue weighted by atomic mass is 16.6. The molecule has 174 valence electrons. The summed E-state index contributed by atoms with van der Waals surface area (Å²) in [7, 11) is 3.76. The molecule has 0 atom stereocenters. The van der Waals surface area contributed by atoms with Crippen molar-refractivity contribution in [2.45, 2.75) is 53.6 Å². The first-order valence-electron chi connectivity index (χ1n) is 10.7. The highest BCUT2D eigenvalue weighted by Gasteiger charge is 2.26. The molecule has 0 spiro atoms. The smallest absolute Gasteiger partial charge is 0.410 e. The molecule has 0 N–H and O–H groups in total. The number of allylic oxidation sites excluding steroid dienone is 5. The van der Waals surface area contributed by atoms with Crippen LogP contribution in [0.15, 0.2) is 47.0 Å². The Morgan fingerprint density at radius 1 is 1.10 bits per heavy atom. The van der Waals surface area contributed by atoms with E-state index >= 15 is 0 Å². The highest BCUT2D eigenvalue weighted by Crippen LogP contribution is 2.21. The molecule has 0 aromatic heterocycles. The van der Waals surface area contributed by atoms with E-state index in [1.54, 1.807) is 23.1 Å². The summed E-state index contributed by atoms with van der Waals surface area (Å²) in [5.41, 5.74) is 2.06. The molecule has 8 heteroatoms.